The lowest BCUT2D eigenvalue weighted by Gasteiger charge is -2.21. The second-order valence-electron chi connectivity index (χ2n) is 5.12. The lowest BCUT2D eigenvalue weighted by atomic mass is 9.99. The molecule has 2 aliphatic heterocycles. The number of hydrogen-bond acceptors (Lipinski definition) is 4. The van der Waals surface area contributed by atoms with Gasteiger partial charge >= 0.3 is 0 Å². The van der Waals surface area contributed by atoms with Crippen molar-refractivity contribution in [1.29, 1.82) is 0 Å². The molecule has 1 fully saturated rings. The Labute approximate surface area is 119 Å². The van der Waals surface area contributed by atoms with Crippen molar-refractivity contribution < 1.29 is 13.9 Å². The molecule has 2 N–H and O–H groups in total. The quantitative estimate of drug-likeness (QED) is 0.903. The molecule has 0 radical (unpaired) electrons. The van der Waals surface area contributed by atoms with Gasteiger partial charge in [-0.2, -0.15) is 0 Å². The monoisotopic (exact) mass is 330 g/mol. The van der Waals surface area contributed by atoms with Crippen molar-refractivity contribution in [2.24, 2.45) is 11.7 Å². The molecule has 4 nitrogen and oxygen atoms in total. The van der Waals surface area contributed by atoms with Crippen molar-refractivity contribution in [2.75, 3.05) is 26.9 Å². The van der Waals surface area contributed by atoms with Crippen LogP contribution in [-0.4, -0.2) is 31.8 Å². The molecule has 0 aromatic heterocycles. The minimum absolute atomic E-state index is 0.0411. The number of nitrogens with zero attached hydrogens (tertiary/aromatic N) is 1. The third-order valence-electron chi connectivity index (χ3n) is 3.90. The molecule has 3 rings (SSSR count). The van der Waals surface area contributed by atoms with Gasteiger partial charge in [0.1, 0.15) is 5.82 Å². The largest absolute Gasteiger partial charge is 0.454 e. The fourth-order valence-electron chi connectivity index (χ4n) is 2.88. The zero-order chi connectivity index (χ0) is 13.6. The molecule has 0 bridgehead atoms. The van der Waals surface area contributed by atoms with E-state index in [1.807, 2.05) is 7.05 Å². The van der Waals surface area contributed by atoms with Crippen molar-refractivity contribution in [3.05, 3.63) is 21.9 Å². The molecule has 2 unspecified atom stereocenters. The van der Waals surface area contributed by atoms with Crippen LogP contribution in [0.4, 0.5) is 4.39 Å². The van der Waals surface area contributed by atoms with E-state index in [0.717, 1.165) is 13.0 Å². The molecule has 19 heavy (non-hydrogen) atoms. The molecule has 0 aliphatic carbocycles. The molecule has 2 heterocycles. The highest BCUT2D eigenvalue weighted by atomic mass is 79.9. The maximum absolute atomic E-state index is 14.5. The molecule has 0 spiro atoms. The Kier molecular flexibility index (Phi) is 3.41. The minimum Gasteiger partial charge on any atom is -0.454 e. The second-order valence-corrected chi connectivity index (χ2v) is 5.91. The number of halogens is 2. The number of likely N-dealkylation sites (tertiary alicyclic amines) is 1. The van der Waals surface area contributed by atoms with E-state index in [9.17, 15) is 4.39 Å². The number of nitrogens with two attached hydrogens (primary N) is 1. The molecule has 2 aliphatic rings. The van der Waals surface area contributed by atoms with E-state index < -0.39 is 0 Å². The van der Waals surface area contributed by atoms with Crippen LogP contribution in [0.3, 0.4) is 0 Å². The Balaban J connectivity index is 2.00. The summed E-state index contributed by atoms with van der Waals surface area (Å²) in [6.07, 6.45) is 0.871. The molecule has 0 amide bonds. The van der Waals surface area contributed by atoms with Gasteiger partial charge < -0.3 is 15.2 Å². The summed E-state index contributed by atoms with van der Waals surface area (Å²) in [6.45, 7) is 1.67. The Bertz CT molecular complexity index is 512. The van der Waals surface area contributed by atoms with Crippen LogP contribution in [0.25, 0.3) is 0 Å². The first-order valence-corrected chi connectivity index (χ1v) is 7.09. The first kappa shape index (κ1) is 13.1. The van der Waals surface area contributed by atoms with Gasteiger partial charge in [-0.1, -0.05) is 0 Å². The number of rotatable bonds is 2. The zero-order valence-corrected chi connectivity index (χ0v) is 12.2. The predicted molar refractivity (Wildman–Crippen MR) is 72.8 cm³/mol. The molecule has 1 saturated heterocycles. The molecular formula is C13H16BrFN2O2. The Morgan fingerprint density at radius 3 is 3.00 bits per heavy atom. The van der Waals surface area contributed by atoms with Gasteiger partial charge in [-0.05, 0) is 47.9 Å². The molecule has 1 aromatic rings. The van der Waals surface area contributed by atoms with Gasteiger partial charge in [-0.3, -0.25) is 4.90 Å². The summed E-state index contributed by atoms with van der Waals surface area (Å²) in [5, 5.41) is 0. The van der Waals surface area contributed by atoms with E-state index in [1.165, 1.54) is 0 Å². The third-order valence-corrected chi connectivity index (χ3v) is 4.61. The van der Waals surface area contributed by atoms with Crippen molar-refractivity contribution in [3.8, 4) is 11.5 Å². The van der Waals surface area contributed by atoms with Gasteiger partial charge in [0, 0.05) is 18.2 Å². The molecule has 104 valence electrons. The smallest absolute Gasteiger partial charge is 0.231 e. The van der Waals surface area contributed by atoms with E-state index in [-0.39, 0.29) is 18.7 Å². The Morgan fingerprint density at radius 2 is 2.32 bits per heavy atom. The van der Waals surface area contributed by atoms with Gasteiger partial charge in [0.2, 0.25) is 6.79 Å². The normalized spacial score (nSPS) is 26.1. The highest BCUT2D eigenvalue weighted by molar-refractivity contribution is 9.10. The van der Waals surface area contributed by atoms with Gasteiger partial charge in [-0.15, -0.1) is 0 Å². The van der Waals surface area contributed by atoms with E-state index >= 15 is 0 Å². The average molecular weight is 331 g/mol. The van der Waals surface area contributed by atoms with Gasteiger partial charge in [0.15, 0.2) is 11.5 Å². The van der Waals surface area contributed by atoms with Crippen LogP contribution >= 0.6 is 15.9 Å². The van der Waals surface area contributed by atoms with Crippen molar-refractivity contribution in [3.63, 3.8) is 0 Å². The molecular weight excluding hydrogens is 315 g/mol. The highest BCUT2D eigenvalue weighted by Crippen LogP contribution is 2.46. The van der Waals surface area contributed by atoms with Crippen LogP contribution in [0.15, 0.2) is 10.5 Å². The SMILES string of the molecule is CN1CC(CN)CC1c1cc2c(c(Br)c1F)OCO2. The van der Waals surface area contributed by atoms with Gasteiger partial charge in [-0.25, -0.2) is 4.39 Å². The van der Waals surface area contributed by atoms with Crippen molar-refractivity contribution >= 4 is 15.9 Å². The van der Waals surface area contributed by atoms with E-state index in [1.54, 1.807) is 6.07 Å². The zero-order valence-electron chi connectivity index (χ0n) is 10.7. The Hall–Kier alpha value is -0.850. The second kappa shape index (κ2) is 4.92. The van der Waals surface area contributed by atoms with Crippen LogP contribution < -0.4 is 15.2 Å². The highest BCUT2D eigenvalue weighted by Gasteiger charge is 2.34. The summed E-state index contributed by atoms with van der Waals surface area (Å²) >= 11 is 3.26. The summed E-state index contributed by atoms with van der Waals surface area (Å²) < 4.78 is 25.4. The van der Waals surface area contributed by atoms with E-state index in [0.29, 0.717) is 34.0 Å². The summed E-state index contributed by atoms with van der Waals surface area (Å²) in [5.74, 6) is 1.21. The molecule has 2 atom stereocenters. The summed E-state index contributed by atoms with van der Waals surface area (Å²) in [4.78, 5) is 2.14. The number of hydrogen-bond donors (Lipinski definition) is 1. The molecule has 1 aromatic carbocycles. The lowest BCUT2D eigenvalue weighted by Crippen LogP contribution is -2.21. The standard InChI is InChI=1S/C13H16BrFN2O2/c1-17-5-7(4-16)2-9(17)8-3-10-13(19-6-18-10)11(14)12(8)15/h3,7,9H,2,4-6,16H2,1H3. The summed E-state index contributed by atoms with van der Waals surface area (Å²) in [6, 6.07) is 1.79. The molecule has 6 heteroatoms. The van der Waals surface area contributed by atoms with Crippen LogP contribution in [0.2, 0.25) is 0 Å². The fourth-order valence-corrected chi connectivity index (χ4v) is 3.42. The van der Waals surface area contributed by atoms with Gasteiger partial charge in [0.05, 0.1) is 4.47 Å². The summed E-state index contributed by atoms with van der Waals surface area (Å²) in [5.41, 5.74) is 6.37. The predicted octanol–water partition coefficient (Wildman–Crippen LogP) is 2.27. The third kappa shape index (κ3) is 2.11. The average Bonchev–Trinajstić information content (AvgIpc) is 3.00. The number of ether oxygens (including phenoxy) is 2. The van der Waals surface area contributed by atoms with Crippen LogP contribution in [0, 0.1) is 11.7 Å². The first-order valence-electron chi connectivity index (χ1n) is 6.29. The van der Waals surface area contributed by atoms with Gasteiger partial charge in [0.25, 0.3) is 0 Å². The fraction of sp³-hybridized carbons (Fsp3) is 0.538. The minimum atomic E-state index is -0.265. The van der Waals surface area contributed by atoms with Crippen LogP contribution in [0.1, 0.15) is 18.0 Å². The number of benzene rings is 1. The van der Waals surface area contributed by atoms with Crippen molar-refractivity contribution in [2.45, 2.75) is 12.5 Å². The topological polar surface area (TPSA) is 47.7 Å². The maximum Gasteiger partial charge on any atom is 0.231 e. The lowest BCUT2D eigenvalue weighted by molar-refractivity contribution is 0.173. The van der Waals surface area contributed by atoms with Crippen LogP contribution in [-0.2, 0) is 0 Å². The Morgan fingerprint density at radius 1 is 1.53 bits per heavy atom. The summed E-state index contributed by atoms with van der Waals surface area (Å²) in [7, 11) is 2.00. The maximum atomic E-state index is 14.5. The van der Waals surface area contributed by atoms with Crippen LogP contribution in [0.5, 0.6) is 11.5 Å². The van der Waals surface area contributed by atoms with E-state index in [4.69, 9.17) is 15.2 Å². The molecule has 0 saturated carbocycles. The number of fused-ring (bicyclic) bond motifs is 1. The van der Waals surface area contributed by atoms with E-state index in [2.05, 4.69) is 20.8 Å². The first-order chi connectivity index (χ1) is 9.11. The van der Waals surface area contributed by atoms with Crippen molar-refractivity contribution in [1.82, 2.24) is 4.90 Å².